The summed E-state index contributed by atoms with van der Waals surface area (Å²) in [7, 11) is 0. The van der Waals surface area contributed by atoms with E-state index < -0.39 is 0 Å². The summed E-state index contributed by atoms with van der Waals surface area (Å²) in [6, 6.07) is 1.80. The highest BCUT2D eigenvalue weighted by molar-refractivity contribution is 5.28. The number of hydrogen-bond acceptors (Lipinski definition) is 4. The zero-order valence-electron chi connectivity index (χ0n) is 6.82. The van der Waals surface area contributed by atoms with E-state index in [-0.39, 0.29) is 0 Å². The molecule has 0 unspecified atom stereocenters. The predicted molar refractivity (Wildman–Crippen MR) is 43.7 cm³/mol. The summed E-state index contributed by atoms with van der Waals surface area (Å²) in [6.07, 6.45) is 2.02. The van der Waals surface area contributed by atoms with Gasteiger partial charge in [-0.25, -0.2) is 0 Å². The van der Waals surface area contributed by atoms with E-state index >= 15 is 0 Å². The summed E-state index contributed by atoms with van der Waals surface area (Å²) in [4.78, 5) is 0. The van der Waals surface area contributed by atoms with Gasteiger partial charge in [0.2, 0.25) is 0 Å². The predicted octanol–water partition coefficient (Wildman–Crippen LogP) is 1.15. The highest BCUT2D eigenvalue weighted by atomic mass is 16.5. The van der Waals surface area contributed by atoms with Crippen LogP contribution in [0.5, 0.6) is 0 Å². The Hall–Kier alpha value is -1.03. The van der Waals surface area contributed by atoms with E-state index in [0.717, 1.165) is 31.8 Å². The van der Waals surface area contributed by atoms with Gasteiger partial charge in [0.25, 0.3) is 0 Å². The maximum atomic E-state index is 5.45. The number of anilines is 1. The fourth-order valence-corrected chi connectivity index (χ4v) is 1.48. The zero-order chi connectivity index (χ0) is 8.39. The van der Waals surface area contributed by atoms with E-state index in [2.05, 4.69) is 5.16 Å². The fourth-order valence-electron chi connectivity index (χ4n) is 1.48. The van der Waals surface area contributed by atoms with Crippen molar-refractivity contribution >= 4 is 5.82 Å². The SMILES string of the molecule is Nc1cc(C2CCOCC2)on1. The van der Waals surface area contributed by atoms with Crippen molar-refractivity contribution in [2.75, 3.05) is 18.9 Å². The molecule has 1 aliphatic heterocycles. The molecule has 2 rings (SSSR count). The van der Waals surface area contributed by atoms with Crippen LogP contribution in [0.1, 0.15) is 24.5 Å². The topological polar surface area (TPSA) is 61.3 Å². The van der Waals surface area contributed by atoms with Crippen LogP contribution >= 0.6 is 0 Å². The first kappa shape index (κ1) is 7.61. The second-order valence-electron chi connectivity index (χ2n) is 3.04. The van der Waals surface area contributed by atoms with Crippen LogP contribution < -0.4 is 5.73 Å². The number of nitrogen functional groups attached to an aromatic ring is 1. The van der Waals surface area contributed by atoms with Gasteiger partial charge in [0.05, 0.1) is 0 Å². The molecule has 0 saturated carbocycles. The number of ether oxygens (including phenoxy) is 1. The lowest BCUT2D eigenvalue weighted by Crippen LogP contribution is -2.13. The van der Waals surface area contributed by atoms with Gasteiger partial charge in [0, 0.05) is 25.2 Å². The van der Waals surface area contributed by atoms with Crippen LogP contribution in [0.4, 0.5) is 5.82 Å². The van der Waals surface area contributed by atoms with Gasteiger partial charge in [-0.15, -0.1) is 0 Å². The Morgan fingerprint density at radius 2 is 2.17 bits per heavy atom. The Balaban J connectivity index is 2.08. The van der Waals surface area contributed by atoms with Crippen LogP contribution in [-0.2, 0) is 4.74 Å². The monoisotopic (exact) mass is 168 g/mol. The molecule has 0 spiro atoms. The normalized spacial score (nSPS) is 19.7. The average molecular weight is 168 g/mol. The number of nitrogens with zero attached hydrogens (tertiary/aromatic N) is 1. The van der Waals surface area contributed by atoms with Crippen LogP contribution in [-0.4, -0.2) is 18.4 Å². The van der Waals surface area contributed by atoms with E-state index in [1.54, 1.807) is 6.07 Å². The minimum Gasteiger partial charge on any atom is -0.381 e. The summed E-state index contributed by atoms with van der Waals surface area (Å²) >= 11 is 0. The summed E-state index contributed by atoms with van der Waals surface area (Å²) < 4.78 is 10.3. The molecule has 4 nitrogen and oxygen atoms in total. The van der Waals surface area contributed by atoms with Gasteiger partial charge in [-0.05, 0) is 12.8 Å². The third-order valence-corrected chi connectivity index (χ3v) is 2.17. The lowest BCUT2D eigenvalue weighted by atomic mass is 9.98. The average Bonchev–Trinajstić information content (AvgIpc) is 2.54. The van der Waals surface area contributed by atoms with Crippen molar-refractivity contribution < 1.29 is 9.26 Å². The number of nitrogens with two attached hydrogens (primary N) is 1. The Labute approximate surface area is 70.7 Å². The van der Waals surface area contributed by atoms with E-state index in [9.17, 15) is 0 Å². The first-order valence-electron chi connectivity index (χ1n) is 4.16. The Morgan fingerprint density at radius 1 is 1.42 bits per heavy atom. The van der Waals surface area contributed by atoms with Crippen LogP contribution in [0.25, 0.3) is 0 Å². The minimum atomic E-state index is 0.448. The summed E-state index contributed by atoms with van der Waals surface area (Å²) in [5.74, 6) is 1.82. The van der Waals surface area contributed by atoms with Crippen LogP contribution in [0.2, 0.25) is 0 Å². The minimum absolute atomic E-state index is 0.448. The molecular weight excluding hydrogens is 156 g/mol. The van der Waals surface area contributed by atoms with Crippen LogP contribution in [0, 0.1) is 0 Å². The van der Waals surface area contributed by atoms with E-state index in [1.807, 2.05) is 0 Å². The highest BCUT2D eigenvalue weighted by Crippen LogP contribution is 2.27. The second kappa shape index (κ2) is 3.15. The van der Waals surface area contributed by atoms with E-state index in [4.69, 9.17) is 15.0 Å². The summed E-state index contributed by atoms with van der Waals surface area (Å²) in [5, 5.41) is 3.65. The van der Waals surface area contributed by atoms with Crippen molar-refractivity contribution in [1.82, 2.24) is 5.16 Å². The standard InChI is InChI=1S/C8H12N2O2/c9-8-5-7(12-10-8)6-1-3-11-4-2-6/h5-6H,1-4H2,(H2,9,10). The van der Waals surface area contributed by atoms with Crippen molar-refractivity contribution in [2.24, 2.45) is 0 Å². The molecule has 66 valence electrons. The molecule has 1 fully saturated rings. The quantitative estimate of drug-likeness (QED) is 0.683. The molecule has 0 aromatic carbocycles. The van der Waals surface area contributed by atoms with E-state index in [0.29, 0.717) is 11.7 Å². The molecule has 2 N–H and O–H groups in total. The largest absolute Gasteiger partial charge is 0.381 e. The maximum Gasteiger partial charge on any atom is 0.167 e. The molecular formula is C8H12N2O2. The van der Waals surface area contributed by atoms with Crippen molar-refractivity contribution in [1.29, 1.82) is 0 Å². The molecule has 1 saturated heterocycles. The van der Waals surface area contributed by atoms with Gasteiger partial charge in [-0.3, -0.25) is 0 Å². The van der Waals surface area contributed by atoms with Gasteiger partial charge in [-0.1, -0.05) is 5.16 Å². The third-order valence-electron chi connectivity index (χ3n) is 2.17. The Bertz CT molecular complexity index is 253. The first-order valence-corrected chi connectivity index (χ1v) is 4.16. The van der Waals surface area contributed by atoms with Crippen molar-refractivity contribution in [3.8, 4) is 0 Å². The molecule has 2 heterocycles. The second-order valence-corrected chi connectivity index (χ2v) is 3.04. The van der Waals surface area contributed by atoms with Gasteiger partial charge >= 0.3 is 0 Å². The molecule has 0 bridgehead atoms. The van der Waals surface area contributed by atoms with Crippen molar-refractivity contribution in [2.45, 2.75) is 18.8 Å². The molecule has 4 heteroatoms. The fraction of sp³-hybridized carbons (Fsp3) is 0.625. The lowest BCUT2D eigenvalue weighted by molar-refractivity contribution is 0.0791. The maximum absolute atomic E-state index is 5.45. The number of hydrogen-bond donors (Lipinski definition) is 1. The first-order chi connectivity index (χ1) is 5.86. The van der Waals surface area contributed by atoms with E-state index in [1.165, 1.54) is 0 Å². The van der Waals surface area contributed by atoms with Gasteiger partial charge < -0.3 is 15.0 Å². The summed E-state index contributed by atoms with van der Waals surface area (Å²) in [6.45, 7) is 1.62. The molecule has 1 aromatic heterocycles. The molecule has 0 aliphatic carbocycles. The third kappa shape index (κ3) is 1.43. The van der Waals surface area contributed by atoms with Gasteiger partial charge in [-0.2, -0.15) is 0 Å². The number of aromatic nitrogens is 1. The van der Waals surface area contributed by atoms with Crippen LogP contribution in [0.3, 0.4) is 0 Å². The zero-order valence-corrected chi connectivity index (χ0v) is 6.82. The lowest BCUT2D eigenvalue weighted by Gasteiger charge is -2.18. The van der Waals surface area contributed by atoms with Crippen LogP contribution in [0.15, 0.2) is 10.6 Å². The molecule has 0 amide bonds. The highest BCUT2D eigenvalue weighted by Gasteiger charge is 2.19. The Morgan fingerprint density at radius 3 is 2.75 bits per heavy atom. The van der Waals surface area contributed by atoms with Crippen molar-refractivity contribution in [3.05, 3.63) is 11.8 Å². The molecule has 0 atom stereocenters. The molecule has 0 radical (unpaired) electrons. The Kier molecular flexibility index (Phi) is 1.99. The van der Waals surface area contributed by atoms with Gasteiger partial charge in [0.15, 0.2) is 5.82 Å². The summed E-state index contributed by atoms with van der Waals surface area (Å²) in [5.41, 5.74) is 5.45. The molecule has 12 heavy (non-hydrogen) atoms. The molecule has 1 aromatic rings. The smallest absolute Gasteiger partial charge is 0.167 e. The van der Waals surface area contributed by atoms with Crippen molar-refractivity contribution in [3.63, 3.8) is 0 Å². The molecule has 1 aliphatic rings. The number of rotatable bonds is 1. The van der Waals surface area contributed by atoms with Gasteiger partial charge in [0.1, 0.15) is 5.76 Å².